The van der Waals surface area contributed by atoms with Crippen LogP contribution < -0.4 is 5.56 Å². The van der Waals surface area contributed by atoms with Crippen LogP contribution in [0.2, 0.25) is 5.02 Å². The van der Waals surface area contributed by atoms with Gasteiger partial charge in [-0.25, -0.2) is 0 Å². The molecule has 12 heavy (non-hydrogen) atoms. The molecule has 1 N–H and O–H groups in total. The summed E-state index contributed by atoms with van der Waals surface area (Å²) >= 11 is 5.70. The zero-order valence-corrected chi connectivity index (χ0v) is 7.08. The van der Waals surface area contributed by atoms with Crippen molar-refractivity contribution in [2.75, 3.05) is 0 Å². The van der Waals surface area contributed by atoms with Gasteiger partial charge in [0, 0.05) is 17.3 Å². The molecule has 0 saturated carbocycles. The highest BCUT2D eigenvalue weighted by molar-refractivity contribution is 6.30. The lowest BCUT2D eigenvalue weighted by atomic mass is 10.4. The zero-order chi connectivity index (χ0) is 8.81. The van der Waals surface area contributed by atoms with Crippen LogP contribution in [0.25, 0.3) is 0 Å². The molecule has 1 heterocycles. The van der Waals surface area contributed by atoms with Gasteiger partial charge in [0.25, 0.3) is 0 Å². The molecule has 0 aliphatic carbocycles. The molecule has 1 rings (SSSR count). The van der Waals surface area contributed by atoms with Gasteiger partial charge in [0.15, 0.2) is 0 Å². The SMILES string of the molecule is O=c1ccc(Cl)ccccc[nH]1. The van der Waals surface area contributed by atoms with Crippen molar-refractivity contribution < 1.29 is 0 Å². The first kappa shape index (κ1) is 8.81. The molecule has 0 saturated heterocycles. The van der Waals surface area contributed by atoms with Crippen LogP contribution in [0.5, 0.6) is 0 Å². The van der Waals surface area contributed by atoms with Crippen molar-refractivity contribution >= 4 is 11.6 Å². The predicted molar refractivity (Wildman–Crippen MR) is 49.7 cm³/mol. The van der Waals surface area contributed by atoms with Gasteiger partial charge in [-0.05, 0) is 18.2 Å². The standard InChI is InChI=1S/C9H8ClNO/c10-8-4-2-1-3-7-11-9(12)6-5-8/h1-7H,(H,11,12). The highest BCUT2D eigenvalue weighted by atomic mass is 35.5. The number of H-pyrrole nitrogens is 1. The smallest absolute Gasteiger partial charge is 0.247 e. The van der Waals surface area contributed by atoms with Gasteiger partial charge < -0.3 is 4.98 Å². The van der Waals surface area contributed by atoms with E-state index >= 15 is 0 Å². The molecule has 0 spiro atoms. The van der Waals surface area contributed by atoms with Crippen LogP contribution in [-0.2, 0) is 0 Å². The zero-order valence-electron chi connectivity index (χ0n) is 6.33. The van der Waals surface area contributed by atoms with Gasteiger partial charge in [-0.2, -0.15) is 0 Å². The fraction of sp³-hybridized carbons (Fsp3) is 0. The van der Waals surface area contributed by atoms with E-state index in [1.807, 2.05) is 0 Å². The van der Waals surface area contributed by atoms with E-state index in [1.165, 1.54) is 6.07 Å². The summed E-state index contributed by atoms with van der Waals surface area (Å²) in [5.41, 5.74) is -0.187. The molecule has 3 heteroatoms. The third-order valence-electron chi connectivity index (χ3n) is 1.19. The summed E-state index contributed by atoms with van der Waals surface area (Å²) in [5.74, 6) is 0. The fourth-order valence-electron chi connectivity index (χ4n) is 0.656. The second-order valence-corrected chi connectivity index (χ2v) is 2.57. The van der Waals surface area contributed by atoms with Gasteiger partial charge in [0.05, 0.1) is 0 Å². The number of hydrogen-bond donors (Lipinski definition) is 1. The van der Waals surface area contributed by atoms with Gasteiger partial charge in [-0.1, -0.05) is 23.7 Å². The van der Waals surface area contributed by atoms with Crippen LogP contribution in [0.15, 0.2) is 47.4 Å². The Labute approximate surface area is 75.2 Å². The normalized spacial score (nSPS) is 8.75. The monoisotopic (exact) mass is 181 g/mol. The summed E-state index contributed by atoms with van der Waals surface area (Å²) < 4.78 is 0. The van der Waals surface area contributed by atoms with E-state index in [0.717, 1.165) is 0 Å². The van der Waals surface area contributed by atoms with Crippen molar-refractivity contribution in [3.05, 3.63) is 58.0 Å². The lowest BCUT2D eigenvalue weighted by molar-refractivity contribution is 1.26. The largest absolute Gasteiger partial charge is 0.329 e. The Morgan fingerprint density at radius 1 is 1.08 bits per heavy atom. The number of nitrogens with one attached hydrogen (secondary N) is 1. The Kier molecular flexibility index (Phi) is 3.35. The van der Waals surface area contributed by atoms with Crippen LogP contribution in [0.3, 0.4) is 0 Å². The van der Waals surface area contributed by atoms with E-state index in [0.29, 0.717) is 5.02 Å². The number of aromatic amines is 1. The minimum atomic E-state index is -0.187. The molecule has 2 nitrogen and oxygen atoms in total. The Morgan fingerprint density at radius 3 is 2.75 bits per heavy atom. The molecule has 1 aromatic rings. The molecule has 0 aliphatic rings. The van der Waals surface area contributed by atoms with Crippen LogP contribution in [0, 0.1) is 0 Å². The molecule has 0 bridgehead atoms. The topological polar surface area (TPSA) is 32.9 Å². The molecule has 0 atom stereocenters. The first-order chi connectivity index (χ1) is 5.79. The highest BCUT2D eigenvalue weighted by Gasteiger charge is 1.76. The van der Waals surface area contributed by atoms with E-state index < -0.39 is 0 Å². The second kappa shape index (κ2) is 4.57. The number of hydrogen-bond acceptors (Lipinski definition) is 1. The number of halogens is 1. The third-order valence-corrected chi connectivity index (χ3v) is 1.45. The molecule has 62 valence electrons. The summed E-state index contributed by atoms with van der Waals surface area (Å²) in [6.45, 7) is 0. The molecular formula is C9H8ClNO. The quantitative estimate of drug-likeness (QED) is 0.654. The van der Waals surface area contributed by atoms with E-state index in [-0.39, 0.29) is 5.56 Å². The third kappa shape index (κ3) is 3.21. The summed E-state index contributed by atoms with van der Waals surface area (Å²) in [6, 6.07) is 9.92. The predicted octanol–water partition coefficient (Wildman–Crippen LogP) is 2.15. The van der Waals surface area contributed by atoms with Crippen molar-refractivity contribution in [3.8, 4) is 0 Å². The van der Waals surface area contributed by atoms with Gasteiger partial charge in [0.1, 0.15) is 0 Å². The molecule has 0 aliphatic heterocycles. The van der Waals surface area contributed by atoms with E-state index in [9.17, 15) is 4.79 Å². The van der Waals surface area contributed by atoms with Crippen molar-refractivity contribution in [1.29, 1.82) is 0 Å². The molecule has 0 aromatic carbocycles. The maximum atomic E-state index is 10.9. The lowest BCUT2D eigenvalue weighted by Gasteiger charge is -1.78. The van der Waals surface area contributed by atoms with Gasteiger partial charge >= 0.3 is 0 Å². The second-order valence-electron chi connectivity index (χ2n) is 2.14. The van der Waals surface area contributed by atoms with Crippen LogP contribution in [0.1, 0.15) is 0 Å². The van der Waals surface area contributed by atoms with Crippen LogP contribution >= 0.6 is 11.6 Å². The van der Waals surface area contributed by atoms with Crippen LogP contribution in [-0.4, -0.2) is 4.98 Å². The summed E-state index contributed by atoms with van der Waals surface area (Å²) in [6.07, 6.45) is 1.57. The Bertz CT molecular complexity index is 358. The minimum absolute atomic E-state index is 0.187. The number of rotatable bonds is 0. The molecule has 1 aromatic heterocycles. The molecule has 0 fully saturated rings. The Hall–Kier alpha value is -1.28. The summed E-state index contributed by atoms with van der Waals surface area (Å²) in [5, 5.41) is 0.525. The van der Waals surface area contributed by atoms with Crippen molar-refractivity contribution in [2.45, 2.75) is 0 Å². The minimum Gasteiger partial charge on any atom is -0.329 e. The van der Waals surface area contributed by atoms with Crippen molar-refractivity contribution in [1.82, 2.24) is 4.98 Å². The van der Waals surface area contributed by atoms with Crippen LogP contribution in [0.4, 0.5) is 0 Å². The highest BCUT2D eigenvalue weighted by Crippen LogP contribution is 2.00. The Balaban J connectivity index is 3.31. The first-order valence-electron chi connectivity index (χ1n) is 3.46. The average Bonchev–Trinajstić information content (AvgIpc) is 2.07. The van der Waals surface area contributed by atoms with Crippen molar-refractivity contribution in [3.63, 3.8) is 0 Å². The molecule has 0 radical (unpaired) electrons. The number of aromatic nitrogens is 1. The molecule has 0 unspecified atom stereocenters. The van der Waals surface area contributed by atoms with Gasteiger partial charge in [-0.3, -0.25) is 4.79 Å². The average molecular weight is 182 g/mol. The van der Waals surface area contributed by atoms with Crippen molar-refractivity contribution in [2.24, 2.45) is 0 Å². The summed E-state index contributed by atoms with van der Waals surface area (Å²) in [4.78, 5) is 13.4. The molecule has 0 amide bonds. The van der Waals surface area contributed by atoms with E-state index in [1.54, 1.807) is 36.5 Å². The molecular weight excluding hydrogens is 174 g/mol. The van der Waals surface area contributed by atoms with E-state index in [2.05, 4.69) is 4.98 Å². The van der Waals surface area contributed by atoms with Gasteiger partial charge in [0.2, 0.25) is 5.56 Å². The fourth-order valence-corrected chi connectivity index (χ4v) is 0.792. The lowest BCUT2D eigenvalue weighted by Crippen LogP contribution is -1.97. The Morgan fingerprint density at radius 2 is 1.92 bits per heavy atom. The maximum absolute atomic E-state index is 10.9. The summed E-state index contributed by atoms with van der Waals surface area (Å²) in [7, 11) is 0. The van der Waals surface area contributed by atoms with E-state index in [4.69, 9.17) is 11.6 Å². The first-order valence-corrected chi connectivity index (χ1v) is 3.84. The maximum Gasteiger partial charge on any atom is 0.247 e. The van der Waals surface area contributed by atoms with Gasteiger partial charge in [-0.15, -0.1) is 0 Å².